The molecule has 2 aromatic carbocycles. The van der Waals surface area contributed by atoms with Crippen LogP contribution in [0.25, 0.3) is 22.4 Å². The van der Waals surface area contributed by atoms with Gasteiger partial charge in [0.15, 0.2) is 11.5 Å². The van der Waals surface area contributed by atoms with Crippen LogP contribution in [0.1, 0.15) is 0 Å². The van der Waals surface area contributed by atoms with E-state index in [1.807, 2.05) is 30.3 Å². The molecule has 0 atom stereocenters. The third-order valence-electron chi connectivity index (χ3n) is 3.80. The molecule has 0 saturated heterocycles. The first kappa shape index (κ1) is 15.8. The molecule has 0 aliphatic rings. The standard InChI is InChI=1S/C18H12ClN3O2S/c19-16-15-11-12-22(25(23,24)14-9-5-2-6-10-14)18(15)21-17(20-16)13-7-3-1-4-8-13/h1-12H. The van der Waals surface area contributed by atoms with E-state index in [0.29, 0.717) is 11.2 Å². The van der Waals surface area contributed by atoms with Crippen LogP contribution in [0.2, 0.25) is 5.15 Å². The Kier molecular flexibility index (Phi) is 3.78. The molecule has 4 aromatic rings. The number of halogens is 1. The maximum Gasteiger partial charge on any atom is 0.269 e. The summed E-state index contributed by atoms with van der Waals surface area (Å²) in [6.07, 6.45) is 1.45. The van der Waals surface area contributed by atoms with Gasteiger partial charge in [-0.25, -0.2) is 22.4 Å². The zero-order chi connectivity index (χ0) is 17.4. The average Bonchev–Trinajstić information content (AvgIpc) is 3.08. The van der Waals surface area contributed by atoms with Crippen LogP contribution in [-0.2, 0) is 10.0 Å². The van der Waals surface area contributed by atoms with E-state index in [4.69, 9.17) is 11.6 Å². The van der Waals surface area contributed by atoms with Crippen LogP contribution >= 0.6 is 11.6 Å². The van der Waals surface area contributed by atoms with Crippen LogP contribution in [0, 0.1) is 0 Å². The lowest BCUT2D eigenvalue weighted by atomic mass is 10.2. The quantitative estimate of drug-likeness (QED) is 0.512. The van der Waals surface area contributed by atoms with Gasteiger partial charge < -0.3 is 0 Å². The minimum atomic E-state index is -3.77. The van der Waals surface area contributed by atoms with Crippen LogP contribution < -0.4 is 0 Å². The van der Waals surface area contributed by atoms with E-state index in [9.17, 15) is 8.42 Å². The third kappa shape index (κ3) is 2.69. The highest BCUT2D eigenvalue weighted by Gasteiger charge is 2.21. The largest absolute Gasteiger partial charge is 0.269 e. The lowest BCUT2D eigenvalue weighted by Gasteiger charge is -2.08. The summed E-state index contributed by atoms with van der Waals surface area (Å²) >= 11 is 6.26. The zero-order valence-electron chi connectivity index (χ0n) is 12.9. The average molecular weight is 370 g/mol. The number of hydrogen-bond donors (Lipinski definition) is 0. The van der Waals surface area contributed by atoms with Gasteiger partial charge in [-0.3, -0.25) is 0 Å². The molecule has 0 radical (unpaired) electrons. The van der Waals surface area contributed by atoms with Crippen molar-refractivity contribution in [1.29, 1.82) is 0 Å². The molecule has 2 aromatic heterocycles. The van der Waals surface area contributed by atoms with E-state index < -0.39 is 10.0 Å². The molecular formula is C18H12ClN3O2S. The smallest absolute Gasteiger partial charge is 0.224 e. The molecule has 2 heterocycles. The van der Waals surface area contributed by atoms with E-state index >= 15 is 0 Å². The summed E-state index contributed by atoms with van der Waals surface area (Å²) in [6, 6.07) is 19.1. The molecule has 7 heteroatoms. The molecule has 0 unspecified atom stereocenters. The van der Waals surface area contributed by atoms with E-state index in [1.165, 1.54) is 6.20 Å². The van der Waals surface area contributed by atoms with Gasteiger partial charge in [0.2, 0.25) is 0 Å². The molecule has 0 amide bonds. The second-order valence-corrected chi connectivity index (χ2v) is 7.54. The van der Waals surface area contributed by atoms with Crippen LogP contribution in [0.3, 0.4) is 0 Å². The summed E-state index contributed by atoms with van der Waals surface area (Å²) in [7, 11) is -3.77. The van der Waals surface area contributed by atoms with Crippen molar-refractivity contribution < 1.29 is 8.42 Å². The first-order chi connectivity index (χ1) is 12.1. The minimum absolute atomic E-state index is 0.184. The molecule has 0 aliphatic heterocycles. The van der Waals surface area contributed by atoms with Gasteiger partial charge >= 0.3 is 0 Å². The molecule has 0 N–H and O–H groups in total. The Bertz CT molecular complexity index is 1160. The lowest BCUT2D eigenvalue weighted by molar-refractivity contribution is 0.589. The maximum absolute atomic E-state index is 12.9. The Labute approximate surface area is 149 Å². The monoisotopic (exact) mass is 369 g/mol. The van der Waals surface area contributed by atoms with Crippen molar-refractivity contribution in [2.75, 3.05) is 0 Å². The van der Waals surface area contributed by atoms with E-state index in [-0.39, 0.29) is 15.7 Å². The fourth-order valence-corrected chi connectivity index (χ4v) is 4.12. The first-order valence-corrected chi connectivity index (χ1v) is 9.30. The van der Waals surface area contributed by atoms with E-state index in [1.54, 1.807) is 36.4 Å². The highest BCUT2D eigenvalue weighted by molar-refractivity contribution is 7.90. The second kappa shape index (κ2) is 5.98. The van der Waals surface area contributed by atoms with Crippen LogP contribution in [-0.4, -0.2) is 22.4 Å². The van der Waals surface area contributed by atoms with Crippen molar-refractivity contribution in [3.05, 3.63) is 78.1 Å². The summed E-state index contributed by atoms with van der Waals surface area (Å²) in [4.78, 5) is 8.92. The minimum Gasteiger partial charge on any atom is -0.224 e. The molecule has 124 valence electrons. The Morgan fingerprint density at radius 3 is 2.16 bits per heavy atom. The highest BCUT2D eigenvalue weighted by Crippen LogP contribution is 2.28. The number of hydrogen-bond acceptors (Lipinski definition) is 4. The molecule has 0 aliphatic carbocycles. The summed E-state index contributed by atoms with van der Waals surface area (Å²) in [6.45, 7) is 0. The topological polar surface area (TPSA) is 64.8 Å². The van der Waals surface area contributed by atoms with Crippen LogP contribution in [0.15, 0.2) is 77.8 Å². The Morgan fingerprint density at radius 1 is 0.840 bits per heavy atom. The highest BCUT2D eigenvalue weighted by atomic mass is 35.5. The van der Waals surface area contributed by atoms with Crippen LogP contribution in [0.4, 0.5) is 0 Å². The first-order valence-electron chi connectivity index (χ1n) is 7.48. The number of nitrogens with zero attached hydrogens (tertiary/aromatic N) is 3. The summed E-state index contributed by atoms with van der Waals surface area (Å²) in [5.74, 6) is 0.376. The normalized spacial score (nSPS) is 11.7. The number of rotatable bonds is 3. The van der Waals surface area contributed by atoms with Crippen molar-refractivity contribution in [3.63, 3.8) is 0 Å². The van der Waals surface area contributed by atoms with E-state index in [2.05, 4.69) is 9.97 Å². The van der Waals surface area contributed by atoms with Gasteiger partial charge in [-0.05, 0) is 18.2 Å². The fraction of sp³-hybridized carbons (Fsp3) is 0. The van der Waals surface area contributed by atoms with Gasteiger partial charge in [0.1, 0.15) is 5.15 Å². The van der Waals surface area contributed by atoms with Gasteiger partial charge in [0.05, 0.1) is 10.3 Å². The van der Waals surface area contributed by atoms with Crippen molar-refractivity contribution >= 4 is 32.7 Å². The van der Waals surface area contributed by atoms with Gasteiger partial charge in [0, 0.05) is 11.8 Å². The Balaban J connectivity index is 1.96. The molecule has 5 nitrogen and oxygen atoms in total. The van der Waals surface area contributed by atoms with Crippen molar-refractivity contribution in [2.45, 2.75) is 4.90 Å². The van der Waals surface area contributed by atoms with E-state index in [0.717, 1.165) is 9.54 Å². The molecular weight excluding hydrogens is 358 g/mol. The number of fused-ring (bicyclic) bond motifs is 1. The van der Waals surface area contributed by atoms with Gasteiger partial charge in [-0.2, -0.15) is 0 Å². The van der Waals surface area contributed by atoms with Crippen molar-refractivity contribution in [3.8, 4) is 11.4 Å². The molecule has 4 rings (SSSR count). The van der Waals surface area contributed by atoms with Gasteiger partial charge in [-0.15, -0.1) is 0 Å². The molecule has 0 saturated carbocycles. The molecule has 0 bridgehead atoms. The molecule has 0 spiro atoms. The predicted octanol–water partition coefficient (Wildman–Crippen LogP) is 3.99. The second-order valence-electron chi connectivity index (χ2n) is 5.37. The van der Waals surface area contributed by atoms with Crippen LogP contribution in [0.5, 0.6) is 0 Å². The lowest BCUT2D eigenvalue weighted by Crippen LogP contribution is -2.12. The maximum atomic E-state index is 12.9. The summed E-state index contributed by atoms with van der Waals surface area (Å²) in [5.41, 5.74) is 1.01. The Morgan fingerprint density at radius 2 is 1.48 bits per heavy atom. The van der Waals surface area contributed by atoms with Gasteiger partial charge in [0.25, 0.3) is 10.0 Å². The van der Waals surface area contributed by atoms with Gasteiger partial charge in [-0.1, -0.05) is 60.1 Å². The van der Waals surface area contributed by atoms with Crippen molar-refractivity contribution in [2.24, 2.45) is 0 Å². The fourth-order valence-electron chi connectivity index (χ4n) is 2.57. The van der Waals surface area contributed by atoms with Crippen molar-refractivity contribution in [1.82, 2.24) is 13.9 Å². The number of aromatic nitrogens is 3. The number of benzene rings is 2. The third-order valence-corrected chi connectivity index (χ3v) is 5.76. The molecule has 25 heavy (non-hydrogen) atoms. The molecule has 0 fully saturated rings. The zero-order valence-corrected chi connectivity index (χ0v) is 14.4. The summed E-state index contributed by atoms with van der Waals surface area (Å²) < 4.78 is 27.0. The summed E-state index contributed by atoms with van der Waals surface area (Å²) in [5, 5.41) is 0.701. The Hall–Kier alpha value is -2.70. The predicted molar refractivity (Wildman–Crippen MR) is 97.0 cm³/mol. The SMILES string of the molecule is O=S(=O)(c1ccccc1)n1ccc2c(Cl)nc(-c3ccccc3)nc21.